The van der Waals surface area contributed by atoms with Crippen molar-refractivity contribution < 1.29 is 0 Å². The third-order valence-corrected chi connectivity index (χ3v) is 4.63. The number of rotatable bonds is 3. The van der Waals surface area contributed by atoms with Gasteiger partial charge in [-0.2, -0.15) is 0 Å². The Morgan fingerprint density at radius 1 is 1.35 bits per heavy atom. The van der Waals surface area contributed by atoms with Gasteiger partial charge in [-0.1, -0.05) is 6.92 Å². The van der Waals surface area contributed by atoms with E-state index in [0.29, 0.717) is 6.04 Å². The van der Waals surface area contributed by atoms with Crippen molar-refractivity contribution in [2.75, 3.05) is 26.2 Å². The van der Waals surface area contributed by atoms with Crippen molar-refractivity contribution in [2.24, 2.45) is 0 Å². The van der Waals surface area contributed by atoms with Crippen molar-refractivity contribution in [2.45, 2.75) is 19.4 Å². The van der Waals surface area contributed by atoms with Crippen LogP contribution in [-0.4, -0.2) is 31.1 Å². The van der Waals surface area contributed by atoms with E-state index in [4.69, 9.17) is 0 Å². The van der Waals surface area contributed by atoms with Crippen molar-refractivity contribution in [3.05, 3.63) is 20.8 Å². The first kappa shape index (κ1) is 17.7. The first-order chi connectivity index (χ1) is 7.31. The van der Waals surface area contributed by atoms with Crippen LogP contribution >= 0.6 is 52.1 Å². The molecule has 1 saturated heterocycles. The fourth-order valence-corrected chi connectivity index (χ4v) is 3.78. The van der Waals surface area contributed by atoms with E-state index in [-0.39, 0.29) is 24.8 Å². The summed E-state index contributed by atoms with van der Waals surface area (Å²) in [5.41, 5.74) is 0. The predicted octanol–water partition coefficient (Wildman–Crippen LogP) is 3.71. The molecule has 6 heteroatoms. The van der Waals surface area contributed by atoms with E-state index in [1.807, 2.05) is 11.3 Å². The summed E-state index contributed by atoms with van der Waals surface area (Å²) in [6, 6.07) is 5.03. The summed E-state index contributed by atoms with van der Waals surface area (Å²) >= 11 is 5.41. The van der Waals surface area contributed by atoms with E-state index in [2.05, 4.69) is 45.2 Å². The molecule has 1 aliphatic heterocycles. The fraction of sp³-hybridized carbons (Fsp3) is 0.636. The zero-order valence-corrected chi connectivity index (χ0v) is 13.9. The van der Waals surface area contributed by atoms with Crippen molar-refractivity contribution in [1.29, 1.82) is 0 Å². The summed E-state index contributed by atoms with van der Waals surface area (Å²) < 4.78 is 1.24. The van der Waals surface area contributed by atoms with E-state index in [0.717, 1.165) is 13.1 Å². The molecule has 2 nitrogen and oxygen atoms in total. The van der Waals surface area contributed by atoms with Crippen LogP contribution in [0.5, 0.6) is 0 Å². The van der Waals surface area contributed by atoms with Gasteiger partial charge in [0.05, 0.1) is 3.79 Å². The molecular formula is C11H19BrCl2N2S. The number of piperazine rings is 1. The maximum Gasteiger partial charge on any atom is 0.0701 e. The number of hydrogen-bond acceptors (Lipinski definition) is 3. The molecule has 2 rings (SSSR count). The van der Waals surface area contributed by atoms with Crippen molar-refractivity contribution in [1.82, 2.24) is 10.2 Å². The van der Waals surface area contributed by atoms with Crippen LogP contribution in [0, 0.1) is 0 Å². The molecule has 0 saturated carbocycles. The molecule has 0 spiro atoms. The smallest absolute Gasteiger partial charge is 0.0701 e. The summed E-state index contributed by atoms with van der Waals surface area (Å²) in [6.07, 6.45) is 1.20. The van der Waals surface area contributed by atoms with E-state index in [1.54, 1.807) is 0 Å². The molecule has 1 aliphatic rings. The summed E-state index contributed by atoms with van der Waals surface area (Å²) in [6.45, 7) is 6.88. The molecule has 1 aromatic heterocycles. The lowest BCUT2D eigenvalue weighted by atomic mass is 10.1. The van der Waals surface area contributed by atoms with Gasteiger partial charge in [0, 0.05) is 37.1 Å². The average Bonchev–Trinajstić information content (AvgIpc) is 2.68. The number of nitrogens with one attached hydrogen (secondary N) is 1. The zero-order valence-electron chi connectivity index (χ0n) is 9.82. The van der Waals surface area contributed by atoms with Crippen LogP contribution in [0.4, 0.5) is 0 Å². The minimum atomic E-state index is 0. The number of nitrogens with zero attached hydrogens (tertiary/aromatic N) is 1. The standard InChI is InChI=1S/C11H17BrN2S.2ClH/c1-2-9(10-3-4-11(12)15-10)14-7-5-13-6-8-14;;/h3-4,9,13H,2,5-8H2,1H3;2*1H/t9-;;/m0../s1. The Bertz CT molecular complexity index is 316. The van der Waals surface area contributed by atoms with Gasteiger partial charge < -0.3 is 5.32 Å². The first-order valence-electron chi connectivity index (χ1n) is 5.51. The van der Waals surface area contributed by atoms with Crippen molar-refractivity contribution in [3.63, 3.8) is 0 Å². The minimum Gasteiger partial charge on any atom is -0.314 e. The molecule has 0 amide bonds. The van der Waals surface area contributed by atoms with Gasteiger partial charge >= 0.3 is 0 Å². The number of halogens is 3. The van der Waals surface area contributed by atoms with E-state index in [9.17, 15) is 0 Å². The third-order valence-electron chi connectivity index (χ3n) is 2.90. The molecule has 0 aliphatic carbocycles. The van der Waals surface area contributed by atoms with Gasteiger partial charge in [-0.25, -0.2) is 0 Å². The second-order valence-corrected chi connectivity index (χ2v) is 6.35. The van der Waals surface area contributed by atoms with Crippen LogP contribution in [0.15, 0.2) is 15.9 Å². The Morgan fingerprint density at radius 3 is 2.47 bits per heavy atom. The van der Waals surface area contributed by atoms with Crippen LogP contribution in [0.1, 0.15) is 24.3 Å². The fourth-order valence-electron chi connectivity index (χ4n) is 2.14. The highest BCUT2D eigenvalue weighted by Gasteiger charge is 2.21. The lowest BCUT2D eigenvalue weighted by Gasteiger charge is -2.33. The Morgan fingerprint density at radius 2 is 2.00 bits per heavy atom. The number of hydrogen-bond donors (Lipinski definition) is 1. The molecule has 0 aromatic carbocycles. The largest absolute Gasteiger partial charge is 0.314 e. The Hall–Kier alpha value is 0.680. The SMILES string of the molecule is CC[C@@H](c1ccc(Br)s1)N1CCNCC1.Cl.Cl. The lowest BCUT2D eigenvalue weighted by molar-refractivity contribution is 0.172. The predicted molar refractivity (Wildman–Crippen MR) is 84.0 cm³/mol. The second-order valence-electron chi connectivity index (χ2n) is 3.85. The topological polar surface area (TPSA) is 15.3 Å². The lowest BCUT2D eigenvalue weighted by Crippen LogP contribution is -2.44. The van der Waals surface area contributed by atoms with Crippen molar-refractivity contribution in [3.8, 4) is 0 Å². The quantitative estimate of drug-likeness (QED) is 0.882. The van der Waals surface area contributed by atoms with Crippen LogP contribution in [0.25, 0.3) is 0 Å². The Kier molecular flexibility index (Phi) is 9.07. The van der Waals surface area contributed by atoms with Gasteiger partial charge in [0.1, 0.15) is 0 Å². The molecular weight excluding hydrogens is 343 g/mol. The molecule has 1 atom stereocenters. The zero-order chi connectivity index (χ0) is 10.7. The van der Waals surface area contributed by atoms with Gasteiger partial charge in [-0.3, -0.25) is 4.90 Å². The molecule has 17 heavy (non-hydrogen) atoms. The third kappa shape index (κ3) is 4.69. The van der Waals surface area contributed by atoms with Crippen LogP contribution in [0.2, 0.25) is 0 Å². The van der Waals surface area contributed by atoms with Gasteiger partial charge in [-0.05, 0) is 34.5 Å². The first-order valence-corrected chi connectivity index (χ1v) is 7.12. The molecule has 0 radical (unpaired) electrons. The maximum absolute atomic E-state index is 3.54. The highest BCUT2D eigenvalue weighted by atomic mass is 79.9. The van der Waals surface area contributed by atoms with Gasteiger partial charge in [-0.15, -0.1) is 36.2 Å². The molecule has 2 heterocycles. The molecule has 0 bridgehead atoms. The van der Waals surface area contributed by atoms with Gasteiger partial charge in [0.25, 0.3) is 0 Å². The van der Waals surface area contributed by atoms with Gasteiger partial charge in [0.15, 0.2) is 0 Å². The van der Waals surface area contributed by atoms with Crippen molar-refractivity contribution >= 4 is 52.1 Å². The molecule has 1 fully saturated rings. The van der Waals surface area contributed by atoms with Crippen LogP contribution in [-0.2, 0) is 0 Å². The maximum atomic E-state index is 3.54. The van der Waals surface area contributed by atoms with E-state index < -0.39 is 0 Å². The highest BCUT2D eigenvalue weighted by molar-refractivity contribution is 9.11. The van der Waals surface area contributed by atoms with E-state index in [1.165, 1.54) is 28.2 Å². The summed E-state index contributed by atoms with van der Waals surface area (Å²) in [4.78, 5) is 4.08. The van der Waals surface area contributed by atoms with E-state index >= 15 is 0 Å². The summed E-state index contributed by atoms with van der Waals surface area (Å²) in [7, 11) is 0. The Labute approximate surface area is 128 Å². The molecule has 0 unspecified atom stereocenters. The number of thiophene rings is 1. The molecule has 1 N–H and O–H groups in total. The second kappa shape index (κ2) is 8.73. The normalized spacial score (nSPS) is 18.0. The van der Waals surface area contributed by atoms with Crippen LogP contribution in [0.3, 0.4) is 0 Å². The Balaban J connectivity index is 0.00000128. The monoisotopic (exact) mass is 360 g/mol. The van der Waals surface area contributed by atoms with Gasteiger partial charge in [0.2, 0.25) is 0 Å². The molecule has 1 aromatic rings. The van der Waals surface area contributed by atoms with Crippen LogP contribution < -0.4 is 5.32 Å². The average molecular weight is 362 g/mol. The molecule has 100 valence electrons. The summed E-state index contributed by atoms with van der Waals surface area (Å²) in [5.74, 6) is 0. The highest BCUT2D eigenvalue weighted by Crippen LogP contribution is 2.32. The summed E-state index contributed by atoms with van der Waals surface area (Å²) in [5, 5.41) is 3.40. The minimum absolute atomic E-state index is 0.